The summed E-state index contributed by atoms with van der Waals surface area (Å²) < 4.78 is 76.4. The largest absolute Gasteiger partial charge is 0.497 e. The monoisotopic (exact) mass is 1720 g/mol. The van der Waals surface area contributed by atoms with Gasteiger partial charge in [0.2, 0.25) is 6.79 Å². The first-order chi connectivity index (χ1) is 60.5. The molecule has 1 aliphatic rings. The molecule has 9 rings (SSSR count). The molecule has 0 bridgehead atoms. The van der Waals surface area contributed by atoms with Crippen molar-refractivity contribution < 1.29 is 110 Å². The lowest BCUT2D eigenvalue weighted by Crippen LogP contribution is -2.13. The molecule has 0 aliphatic heterocycles. The lowest BCUT2D eigenvalue weighted by molar-refractivity contribution is -0.286. The third-order valence-electron chi connectivity index (χ3n) is 19.5. The van der Waals surface area contributed by atoms with Crippen molar-refractivity contribution >= 4 is 53.4 Å². The minimum absolute atomic E-state index is 0.0180. The maximum Gasteiger partial charge on any atom is 0.343 e. The number of rotatable bonds is 54. The number of methoxy groups -OCH3 is 1. The van der Waals surface area contributed by atoms with Crippen LogP contribution in [0.4, 0.5) is 0 Å². The molecule has 124 heavy (non-hydrogen) atoms. The number of hydrogen-bond acceptors (Lipinski definition) is 23. The van der Waals surface area contributed by atoms with Gasteiger partial charge in [-0.15, -0.1) is 6.58 Å². The van der Waals surface area contributed by atoms with Gasteiger partial charge in [0.1, 0.15) is 69.9 Å². The Balaban J connectivity index is 0.000000259. The van der Waals surface area contributed by atoms with Gasteiger partial charge >= 0.3 is 41.8 Å². The molecule has 24 heteroatoms. The SMILES string of the molecule is C=CC(=O)OCCCCCCOc1ccc(C(=O)Oc2ccc(C(=O)Oc3ccc(OC)cc3)cc2Cl)cc1.C=CC(=O)OCCCCCCOc1ccc(C(=O)Oc2ccc(C3CCC(CCC)CC3)cc2)cc1.C=CCOOCCCCCCOc1ccc(OCOc2ccc(OC(=O)c3ccc(OCCCCCCOC(=O)C=C)cc3)cc2C)cc1. The molecule has 0 spiro atoms. The Labute approximate surface area is 733 Å². The first-order valence-corrected chi connectivity index (χ1v) is 42.8. The summed E-state index contributed by atoms with van der Waals surface area (Å²) in [6.07, 6.45) is 27.7. The molecule has 0 unspecified atom stereocenters. The number of hydrogen-bond donors (Lipinski definition) is 0. The van der Waals surface area contributed by atoms with Crippen LogP contribution >= 0.6 is 11.6 Å². The van der Waals surface area contributed by atoms with Crippen LogP contribution in [-0.4, -0.2) is 115 Å². The van der Waals surface area contributed by atoms with Crippen LogP contribution in [0.15, 0.2) is 233 Å². The van der Waals surface area contributed by atoms with Crippen molar-refractivity contribution in [1.29, 1.82) is 0 Å². The summed E-state index contributed by atoms with van der Waals surface area (Å²) in [5, 5.41) is 0.0892. The van der Waals surface area contributed by atoms with Crippen LogP contribution in [0.25, 0.3) is 0 Å². The van der Waals surface area contributed by atoms with Gasteiger partial charge in [0.25, 0.3) is 0 Å². The van der Waals surface area contributed by atoms with Crippen LogP contribution in [0.1, 0.15) is 207 Å². The Morgan fingerprint density at radius 2 is 0.702 bits per heavy atom. The Hall–Kier alpha value is -12.2. The fourth-order valence-corrected chi connectivity index (χ4v) is 12.8. The zero-order valence-corrected chi connectivity index (χ0v) is 72.3. The molecule has 662 valence electrons. The van der Waals surface area contributed by atoms with E-state index in [9.17, 15) is 33.6 Å². The van der Waals surface area contributed by atoms with Crippen molar-refractivity contribution in [1.82, 2.24) is 0 Å². The minimum atomic E-state index is -0.607. The van der Waals surface area contributed by atoms with E-state index in [1.165, 1.54) is 68.4 Å². The van der Waals surface area contributed by atoms with Gasteiger partial charge in [0.05, 0.1) is 87.2 Å². The van der Waals surface area contributed by atoms with Crippen molar-refractivity contribution in [3.8, 4) is 63.2 Å². The van der Waals surface area contributed by atoms with Crippen molar-refractivity contribution in [3.05, 3.63) is 271 Å². The Morgan fingerprint density at radius 1 is 0.355 bits per heavy atom. The highest BCUT2D eigenvalue weighted by Gasteiger charge is 2.23. The molecular weight excluding hydrogens is 1600 g/mol. The highest BCUT2D eigenvalue weighted by Crippen LogP contribution is 2.38. The summed E-state index contributed by atoms with van der Waals surface area (Å²) in [6.45, 7) is 22.3. The number of aryl methyl sites for hydroxylation is 1. The smallest absolute Gasteiger partial charge is 0.343 e. The van der Waals surface area contributed by atoms with Crippen LogP contribution in [0.5, 0.6) is 63.2 Å². The molecule has 0 atom stereocenters. The summed E-state index contributed by atoms with van der Waals surface area (Å²) in [5.74, 6) is 4.47. The number of carbonyl (C=O) groups excluding carboxylic acids is 7. The number of unbranched alkanes of at least 4 members (excludes halogenated alkanes) is 12. The molecule has 23 nitrogen and oxygen atoms in total. The fraction of sp³-hybridized carbons (Fsp3) is 0.370. The molecule has 0 N–H and O–H groups in total. The lowest BCUT2D eigenvalue weighted by Gasteiger charge is -2.28. The summed E-state index contributed by atoms with van der Waals surface area (Å²) in [5.41, 5.74) is 3.57. The molecule has 1 saturated carbocycles. The average Bonchev–Trinajstić information content (AvgIpc) is 0.843. The first-order valence-electron chi connectivity index (χ1n) is 42.4. The van der Waals surface area contributed by atoms with Crippen LogP contribution in [0.2, 0.25) is 5.02 Å². The normalized spacial score (nSPS) is 12.4. The predicted molar refractivity (Wildman–Crippen MR) is 475 cm³/mol. The second-order valence-corrected chi connectivity index (χ2v) is 29.3. The molecule has 0 aromatic heterocycles. The highest BCUT2D eigenvalue weighted by molar-refractivity contribution is 6.32. The van der Waals surface area contributed by atoms with Gasteiger partial charge in [0, 0.05) is 18.2 Å². The third kappa shape index (κ3) is 39.3. The molecule has 1 fully saturated rings. The van der Waals surface area contributed by atoms with E-state index >= 15 is 0 Å². The number of ether oxygens (including phenoxy) is 14. The predicted octanol–water partition coefficient (Wildman–Crippen LogP) is 22.5. The van der Waals surface area contributed by atoms with E-state index in [0.717, 1.165) is 138 Å². The molecule has 0 amide bonds. The van der Waals surface area contributed by atoms with E-state index in [1.807, 2.05) is 43.3 Å². The van der Waals surface area contributed by atoms with Gasteiger partial charge in [-0.05, 0) is 322 Å². The van der Waals surface area contributed by atoms with E-state index in [1.54, 1.807) is 128 Å². The number of halogens is 1. The minimum Gasteiger partial charge on any atom is -0.497 e. The van der Waals surface area contributed by atoms with Gasteiger partial charge in [-0.1, -0.05) is 75.7 Å². The van der Waals surface area contributed by atoms with Crippen LogP contribution in [-0.2, 0) is 38.4 Å². The zero-order valence-electron chi connectivity index (χ0n) is 71.5. The molecule has 8 aromatic rings. The van der Waals surface area contributed by atoms with Crippen molar-refractivity contribution in [3.63, 3.8) is 0 Å². The third-order valence-corrected chi connectivity index (χ3v) is 19.7. The fourth-order valence-electron chi connectivity index (χ4n) is 12.6. The summed E-state index contributed by atoms with van der Waals surface area (Å²) in [7, 11) is 1.54. The van der Waals surface area contributed by atoms with E-state index in [-0.39, 0.29) is 35.1 Å². The van der Waals surface area contributed by atoms with Crippen LogP contribution < -0.4 is 52.1 Å². The Kier molecular flexibility index (Phi) is 46.9. The molecular formula is C100H117ClO23. The van der Waals surface area contributed by atoms with E-state index in [4.69, 9.17) is 87.7 Å². The molecule has 1 aliphatic carbocycles. The first kappa shape index (κ1) is 98.9. The number of carbonyl (C=O) groups is 7. The second kappa shape index (κ2) is 58.8. The highest BCUT2D eigenvalue weighted by atomic mass is 35.5. The maximum atomic E-state index is 12.7. The Bertz CT molecular complexity index is 4520. The summed E-state index contributed by atoms with van der Waals surface area (Å²) in [6, 6.07) is 51.9. The van der Waals surface area contributed by atoms with Gasteiger partial charge in [-0.2, -0.15) is 0 Å². The van der Waals surface area contributed by atoms with Crippen molar-refractivity contribution in [2.45, 2.75) is 161 Å². The lowest BCUT2D eigenvalue weighted by atomic mass is 9.77. The van der Waals surface area contributed by atoms with Gasteiger partial charge in [-0.3, -0.25) is 0 Å². The van der Waals surface area contributed by atoms with Gasteiger partial charge in [0.15, 0.2) is 0 Å². The molecule has 8 aromatic carbocycles. The maximum absolute atomic E-state index is 12.7. The zero-order chi connectivity index (χ0) is 88.6. The molecule has 0 saturated heterocycles. The standard InChI is InChI=1S/C39H48O10.C31H40O5.C30H29ClO8/c1-4-24-47-48-28-13-9-8-11-26-43-34-18-20-35(21-19-34)45-30-46-37-23-22-36(29-31(37)3)49-39(41)32-14-16-33(17-15-32)42-25-10-6-7-12-27-44-38(40)5-2;1-3-9-24-10-12-25(13-11-24)26-14-20-29(21-15-26)36-31(33)27-16-18-28(19-17-27)34-22-7-5-6-8-23-35-30(32)4-2;1-3-28(32)37-19-7-5-4-6-18-36-24-11-8-21(9-12-24)29(33)39-27-17-10-22(20-26(27)31)30(34)38-25-15-13-23(35-2)14-16-25/h4-5,14-23,29H,1-2,6-13,24-28,30H2,3H3;4,14-21,24-25H,2-3,5-13,22-23H2,1H3;3,8-17,20H,1,4-7,18-19H2,2H3. The van der Waals surface area contributed by atoms with Crippen molar-refractivity contribution in [2.24, 2.45) is 5.92 Å². The van der Waals surface area contributed by atoms with E-state index in [0.29, 0.717) is 128 Å². The topological polar surface area (TPSA) is 267 Å². The van der Waals surface area contributed by atoms with Crippen LogP contribution in [0, 0.1) is 12.8 Å². The van der Waals surface area contributed by atoms with Crippen molar-refractivity contribution in [2.75, 3.05) is 73.4 Å². The Morgan fingerprint density at radius 3 is 1.10 bits per heavy atom. The number of esters is 7. The van der Waals surface area contributed by atoms with E-state index < -0.39 is 29.8 Å². The van der Waals surface area contributed by atoms with Gasteiger partial charge in [-0.25, -0.2) is 43.3 Å². The van der Waals surface area contributed by atoms with Gasteiger partial charge < -0.3 is 66.3 Å². The number of benzene rings is 8. The average molecular weight is 1720 g/mol. The summed E-state index contributed by atoms with van der Waals surface area (Å²) in [4.78, 5) is 93.1. The second-order valence-electron chi connectivity index (χ2n) is 28.9. The molecule has 0 radical (unpaired) electrons. The summed E-state index contributed by atoms with van der Waals surface area (Å²) >= 11 is 6.26. The van der Waals surface area contributed by atoms with E-state index in [2.05, 4.69) is 45.4 Å². The van der Waals surface area contributed by atoms with Crippen LogP contribution in [0.3, 0.4) is 0 Å². The molecule has 0 heterocycles. The quantitative estimate of drug-likeness (QED) is 0.00394.